The summed E-state index contributed by atoms with van der Waals surface area (Å²) in [6.45, 7) is 2.81. The van der Waals surface area contributed by atoms with Crippen molar-refractivity contribution in [1.29, 1.82) is 0 Å². The molecule has 2 N–H and O–H groups in total. The molecular formula is C31H31N3O4. The van der Waals surface area contributed by atoms with E-state index in [0.29, 0.717) is 31.4 Å². The number of aromatic amines is 1. The van der Waals surface area contributed by atoms with Gasteiger partial charge in [-0.3, -0.25) is 9.59 Å². The Hall–Kier alpha value is -4.52. The fraction of sp³-hybridized carbons (Fsp3) is 0.226. The molecule has 0 bridgehead atoms. The van der Waals surface area contributed by atoms with E-state index in [-0.39, 0.29) is 17.0 Å². The second-order valence-corrected chi connectivity index (χ2v) is 9.29. The summed E-state index contributed by atoms with van der Waals surface area (Å²) in [5.41, 5.74) is 4.32. The minimum atomic E-state index is -0.377. The van der Waals surface area contributed by atoms with Gasteiger partial charge in [-0.05, 0) is 61.2 Å². The Morgan fingerprint density at radius 2 is 1.47 bits per heavy atom. The maximum Gasteiger partial charge on any atom is 0.265 e. The van der Waals surface area contributed by atoms with Gasteiger partial charge in [-0.15, -0.1) is 0 Å². The smallest absolute Gasteiger partial charge is 0.265 e. The zero-order valence-corrected chi connectivity index (χ0v) is 21.8. The quantitative estimate of drug-likeness (QED) is 0.292. The zero-order valence-electron chi connectivity index (χ0n) is 21.8. The van der Waals surface area contributed by atoms with Crippen molar-refractivity contribution in [2.24, 2.45) is 0 Å². The van der Waals surface area contributed by atoms with Gasteiger partial charge in [0.25, 0.3) is 11.5 Å². The molecule has 5 rings (SSSR count). The predicted molar refractivity (Wildman–Crippen MR) is 151 cm³/mol. The highest BCUT2D eigenvalue weighted by atomic mass is 16.5. The number of ether oxygens (including phenoxy) is 2. The Morgan fingerprint density at radius 1 is 0.868 bits per heavy atom. The summed E-state index contributed by atoms with van der Waals surface area (Å²) in [5.74, 6) is 1.20. The number of carbonyl (C=O) groups excluding carboxylic acids is 1. The van der Waals surface area contributed by atoms with Crippen molar-refractivity contribution in [3.63, 3.8) is 0 Å². The lowest BCUT2D eigenvalue weighted by Gasteiger charge is -2.15. The van der Waals surface area contributed by atoms with E-state index >= 15 is 0 Å². The molecule has 1 amide bonds. The summed E-state index contributed by atoms with van der Waals surface area (Å²) in [5, 5.41) is 4.86. The molecule has 0 aliphatic carbocycles. The van der Waals surface area contributed by atoms with Gasteiger partial charge in [0.15, 0.2) is 0 Å². The van der Waals surface area contributed by atoms with Gasteiger partial charge in [-0.1, -0.05) is 42.5 Å². The summed E-state index contributed by atoms with van der Waals surface area (Å²) < 4.78 is 12.2. The van der Waals surface area contributed by atoms with Crippen LogP contribution in [0.15, 0.2) is 77.6 Å². The SMILES string of the molecule is COc1ccc(CCNC(=O)c2c(=O)n(CCc3ccc(OC)cc3)c(C)c3c2[nH]c2ccccc23)cc1. The van der Waals surface area contributed by atoms with E-state index < -0.39 is 0 Å². The first kappa shape index (κ1) is 25.1. The second-order valence-electron chi connectivity index (χ2n) is 9.29. The molecule has 3 aromatic carbocycles. The van der Waals surface area contributed by atoms with Crippen molar-refractivity contribution in [1.82, 2.24) is 14.9 Å². The third-order valence-electron chi connectivity index (χ3n) is 7.05. The molecule has 7 heteroatoms. The number of fused-ring (bicyclic) bond motifs is 3. The van der Waals surface area contributed by atoms with E-state index in [0.717, 1.165) is 44.6 Å². The van der Waals surface area contributed by atoms with Gasteiger partial charge in [-0.25, -0.2) is 0 Å². The minimum Gasteiger partial charge on any atom is -0.497 e. The van der Waals surface area contributed by atoms with Crippen molar-refractivity contribution in [2.45, 2.75) is 26.3 Å². The highest BCUT2D eigenvalue weighted by Crippen LogP contribution is 2.29. The molecular weight excluding hydrogens is 478 g/mol. The van der Waals surface area contributed by atoms with Crippen LogP contribution in [0.3, 0.4) is 0 Å². The molecule has 0 fully saturated rings. The van der Waals surface area contributed by atoms with Crippen LogP contribution >= 0.6 is 0 Å². The average Bonchev–Trinajstić information content (AvgIpc) is 3.33. The Morgan fingerprint density at radius 3 is 2.11 bits per heavy atom. The maximum absolute atomic E-state index is 13.8. The number of para-hydroxylation sites is 1. The third-order valence-corrected chi connectivity index (χ3v) is 7.05. The van der Waals surface area contributed by atoms with Gasteiger partial charge in [0.1, 0.15) is 17.1 Å². The zero-order chi connectivity index (χ0) is 26.6. The normalized spacial score (nSPS) is 11.1. The third kappa shape index (κ3) is 4.87. The molecule has 2 heterocycles. The van der Waals surface area contributed by atoms with E-state index in [1.54, 1.807) is 18.8 Å². The van der Waals surface area contributed by atoms with Crippen LogP contribution < -0.4 is 20.3 Å². The number of aryl methyl sites for hydroxylation is 2. The first-order valence-electron chi connectivity index (χ1n) is 12.7. The highest BCUT2D eigenvalue weighted by Gasteiger charge is 2.23. The molecule has 0 aliphatic rings. The fourth-order valence-electron chi connectivity index (χ4n) is 4.95. The van der Waals surface area contributed by atoms with Gasteiger partial charge < -0.3 is 24.3 Å². The molecule has 0 saturated heterocycles. The van der Waals surface area contributed by atoms with Crippen LogP contribution in [-0.2, 0) is 19.4 Å². The Balaban J connectivity index is 1.47. The van der Waals surface area contributed by atoms with Crippen LogP contribution in [0.1, 0.15) is 27.2 Å². The van der Waals surface area contributed by atoms with Crippen molar-refractivity contribution < 1.29 is 14.3 Å². The van der Waals surface area contributed by atoms with Gasteiger partial charge >= 0.3 is 0 Å². The van der Waals surface area contributed by atoms with E-state index in [2.05, 4.69) is 10.3 Å². The molecule has 0 saturated carbocycles. The van der Waals surface area contributed by atoms with Crippen molar-refractivity contribution in [3.05, 3.63) is 106 Å². The number of carbonyl (C=O) groups is 1. The molecule has 2 aromatic heterocycles. The van der Waals surface area contributed by atoms with Crippen LogP contribution in [0.25, 0.3) is 21.8 Å². The Kier molecular flexibility index (Phi) is 7.18. The summed E-state index contributed by atoms with van der Waals surface area (Å²) in [4.78, 5) is 30.6. The summed E-state index contributed by atoms with van der Waals surface area (Å²) >= 11 is 0. The molecule has 194 valence electrons. The van der Waals surface area contributed by atoms with E-state index in [4.69, 9.17) is 9.47 Å². The van der Waals surface area contributed by atoms with E-state index in [1.165, 1.54) is 0 Å². The number of H-pyrrole nitrogens is 1. The predicted octanol–water partition coefficient (Wildman–Crippen LogP) is 5.02. The van der Waals surface area contributed by atoms with Crippen LogP contribution in [0.4, 0.5) is 0 Å². The average molecular weight is 510 g/mol. The number of rotatable bonds is 9. The molecule has 7 nitrogen and oxygen atoms in total. The van der Waals surface area contributed by atoms with Crippen LogP contribution in [0, 0.1) is 6.92 Å². The van der Waals surface area contributed by atoms with Crippen molar-refractivity contribution in [3.8, 4) is 11.5 Å². The maximum atomic E-state index is 13.8. The van der Waals surface area contributed by atoms with Crippen LogP contribution in [0.2, 0.25) is 0 Å². The second kappa shape index (κ2) is 10.8. The monoisotopic (exact) mass is 509 g/mol. The first-order valence-corrected chi connectivity index (χ1v) is 12.7. The lowest BCUT2D eigenvalue weighted by Crippen LogP contribution is -2.35. The first-order chi connectivity index (χ1) is 18.5. The minimum absolute atomic E-state index is 0.145. The van der Waals surface area contributed by atoms with E-state index in [9.17, 15) is 9.59 Å². The number of pyridine rings is 1. The van der Waals surface area contributed by atoms with Gasteiger partial charge in [0.2, 0.25) is 0 Å². The number of nitrogens with one attached hydrogen (secondary N) is 2. The fourth-order valence-corrected chi connectivity index (χ4v) is 4.95. The largest absolute Gasteiger partial charge is 0.497 e. The number of benzene rings is 3. The molecule has 5 aromatic rings. The van der Waals surface area contributed by atoms with E-state index in [1.807, 2.05) is 79.7 Å². The molecule has 0 unspecified atom stereocenters. The van der Waals surface area contributed by atoms with Crippen molar-refractivity contribution in [2.75, 3.05) is 20.8 Å². The molecule has 0 spiro atoms. The lowest BCUT2D eigenvalue weighted by atomic mass is 10.1. The van der Waals surface area contributed by atoms with Crippen LogP contribution in [0.5, 0.6) is 11.5 Å². The summed E-state index contributed by atoms with van der Waals surface area (Å²) in [7, 11) is 3.27. The highest BCUT2D eigenvalue weighted by molar-refractivity contribution is 6.15. The summed E-state index contributed by atoms with van der Waals surface area (Å²) in [6, 6.07) is 23.4. The molecule has 38 heavy (non-hydrogen) atoms. The lowest BCUT2D eigenvalue weighted by molar-refractivity contribution is 0.0953. The Bertz CT molecular complexity index is 1650. The number of aromatic nitrogens is 2. The number of methoxy groups -OCH3 is 2. The topological polar surface area (TPSA) is 85.3 Å². The Labute approximate surface area is 221 Å². The summed E-state index contributed by atoms with van der Waals surface area (Å²) in [6.07, 6.45) is 1.29. The standard InChI is InChI=1S/C31H31N3O4/c1-20-27-25-6-4-5-7-26(25)33-29(27)28(30(35)32-18-16-21-8-12-23(37-2)13-9-21)31(36)34(20)19-17-22-10-14-24(38-3)15-11-22/h4-15,33H,16-19H2,1-3H3,(H,32,35). The van der Waals surface area contributed by atoms with Gasteiger partial charge in [-0.2, -0.15) is 0 Å². The molecule has 0 atom stereocenters. The van der Waals surface area contributed by atoms with Gasteiger partial charge in [0, 0.05) is 35.1 Å². The number of amides is 1. The molecule has 0 radical (unpaired) electrons. The number of nitrogens with zero attached hydrogens (tertiary/aromatic N) is 1. The van der Waals surface area contributed by atoms with Crippen LogP contribution in [-0.4, -0.2) is 36.2 Å². The van der Waals surface area contributed by atoms with Crippen molar-refractivity contribution >= 4 is 27.7 Å². The number of hydrogen-bond acceptors (Lipinski definition) is 4. The number of hydrogen-bond donors (Lipinski definition) is 2. The molecule has 0 aliphatic heterocycles. The van der Waals surface area contributed by atoms with Gasteiger partial charge in [0.05, 0.1) is 19.7 Å².